The topological polar surface area (TPSA) is 12.0 Å². The van der Waals surface area contributed by atoms with Crippen LogP contribution in [0.1, 0.15) is 36.8 Å². The predicted molar refractivity (Wildman–Crippen MR) is 60.9 cm³/mol. The lowest BCUT2D eigenvalue weighted by Crippen LogP contribution is -2.39. The van der Waals surface area contributed by atoms with Gasteiger partial charge >= 0.3 is 0 Å². The molecule has 0 spiro atoms. The first-order valence-corrected chi connectivity index (χ1v) is 5.82. The van der Waals surface area contributed by atoms with Gasteiger partial charge < -0.3 is 5.32 Å². The van der Waals surface area contributed by atoms with Crippen LogP contribution >= 0.6 is 0 Å². The zero-order valence-electron chi connectivity index (χ0n) is 9.47. The molecule has 1 N–H and O–H groups in total. The standard InChI is InChI=1S/C13H17F2N/c1-2-6-13(14,15)12-5-3-4-10(7-12)11-8-16-9-11/h3-5,7,11,16H,2,6,8-9H2,1H3. The second-order valence-corrected chi connectivity index (χ2v) is 4.44. The van der Waals surface area contributed by atoms with Gasteiger partial charge in [0.2, 0.25) is 0 Å². The molecule has 16 heavy (non-hydrogen) atoms. The minimum atomic E-state index is -2.68. The van der Waals surface area contributed by atoms with Crippen LogP contribution in [0.5, 0.6) is 0 Å². The van der Waals surface area contributed by atoms with E-state index in [0.717, 1.165) is 18.7 Å². The summed E-state index contributed by atoms with van der Waals surface area (Å²) in [6.45, 7) is 3.60. The van der Waals surface area contributed by atoms with Crippen LogP contribution in [0, 0.1) is 0 Å². The highest BCUT2D eigenvalue weighted by molar-refractivity contribution is 5.30. The Morgan fingerprint density at radius 3 is 2.69 bits per heavy atom. The van der Waals surface area contributed by atoms with Crippen molar-refractivity contribution in [3.63, 3.8) is 0 Å². The van der Waals surface area contributed by atoms with Gasteiger partial charge in [0.1, 0.15) is 0 Å². The van der Waals surface area contributed by atoms with Crippen molar-refractivity contribution in [3.05, 3.63) is 35.4 Å². The molecular formula is C13H17F2N. The zero-order chi connectivity index (χ0) is 11.6. The van der Waals surface area contributed by atoms with Gasteiger partial charge in [0, 0.05) is 31.0 Å². The summed E-state index contributed by atoms with van der Waals surface area (Å²) in [6, 6.07) is 6.88. The third-order valence-electron chi connectivity index (χ3n) is 3.13. The molecule has 0 aliphatic carbocycles. The maximum absolute atomic E-state index is 13.7. The van der Waals surface area contributed by atoms with E-state index in [1.54, 1.807) is 19.1 Å². The predicted octanol–water partition coefficient (Wildman–Crippen LogP) is 3.27. The van der Waals surface area contributed by atoms with Gasteiger partial charge in [0.05, 0.1) is 0 Å². The fourth-order valence-corrected chi connectivity index (χ4v) is 2.00. The molecule has 1 heterocycles. The van der Waals surface area contributed by atoms with Gasteiger partial charge in [-0.2, -0.15) is 0 Å². The average Bonchev–Trinajstić information content (AvgIpc) is 2.15. The smallest absolute Gasteiger partial charge is 0.273 e. The molecular weight excluding hydrogens is 208 g/mol. The van der Waals surface area contributed by atoms with Crippen LogP contribution in [0.2, 0.25) is 0 Å². The molecule has 1 aliphatic heterocycles. The van der Waals surface area contributed by atoms with E-state index in [-0.39, 0.29) is 12.0 Å². The van der Waals surface area contributed by atoms with Crippen molar-refractivity contribution in [3.8, 4) is 0 Å². The van der Waals surface area contributed by atoms with Crippen LogP contribution < -0.4 is 5.32 Å². The normalized spacial score (nSPS) is 17.2. The lowest BCUT2D eigenvalue weighted by molar-refractivity contribution is -0.0141. The summed E-state index contributed by atoms with van der Waals surface area (Å²) in [6.07, 6.45) is 0.432. The molecule has 0 radical (unpaired) electrons. The molecule has 0 atom stereocenters. The lowest BCUT2D eigenvalue weighted by atomic mass is 9.91. The van der Waals surface area contributed by atoms with Gasteiger partial charge in [0.15, 0.2) is 0 Å². The molecule has 0 bridgehead atoms. The highest BCUT2D eigenvalue weighted by Gasteiger charge is 2.31. The number of hydrogen-bond acceptors (Lipinski definition) is 1. The van der Waals surface area contributed by atoms with Gasteiger partial charge in [-0.1, -0.05) is 31.5 Å². The van der Waals surface area contributed by atoms with Crippen molar-refractivity contribution < 1.29 is 8.78 Å². The Balaban J connectivity index is 2.20. The largest absolute Gasteiger partial charge is 0.315 e. The Morgan fingerprint density at radius 1 is 1.38 bits per heavy atom. The summed E-state index contributed by atoms with van der Waals surface area (Å²) in [5.41, 5.74) is 1.20. The molecule has 0 aromatic heterocycles. The fraction of sp³-hybridized carbons (Fsp3) is 0.538. The third-order valence-corrected chi connectivity index (χ3v) is 3.13. The number of alkyl halides is 2. The van der Waals surface area contributed by atoms with Crippen molar-refractivity contribution in [2.24, 2.45) is 0 Å². The maximum atomic E-state index is 13.7. The van der Waals surface area contributed by atoms with Crippen LogP contribution in [0.15, 0.2) is 24.3 Å². The SMILES string of the molecule is CCCC(F)(F)c1cccc(C2CNC2)c1. The summed E-state index contributed by atoms with van der Waals surface area (Å²) in [5.74, 6) is -2.26. The Bertz CT molecular complexity index is 359. The molecule has 1 aliphatic rings. The summed E-state index contributed by atoms with van der Waals surface area (Å²) in [7, 11) is 0. The highest BCUT2D eigenvalue weighted by Crippen LogP contribution is 2.34. The van der Waals surface area contributed by atoms with Gasteiger partial charge in [-0.05, 0) is 11.6 Å². The van der Waals surface area contributed by atoms with E-state index in [4.69, 9.17) is 0 Å². The number of hydrogen-bond donors (Lipinski definition) is 1. The summed E-state index contributed by atoms with van der Waals surface area (Å²) < 4.78 is 27.4. The van der Waals surface area contributed by atoms with E-state index in [0.29, 0.717) is 12.3 Å². The molecule has 2 rings (SSSR count). The van der Waals surface area contributed by atoms with E-state index in [1.165, 1.54) is 6.07 Å². The molecule has 1 aromatic carbocycles. The number of rotatable bonds is 4. The van der Waals surface area contributed by atoms with Crippen molar-refractivity contribution in [1.82, 2.24) is 5.32 Å². The molecule has 0 amide bonds. The molecule has 0 saturated carbocycles. The first-order chi connectivity index (χ1) is 7.63. The Labute approximate surface area is 94.9 Å². The van der Waals surface area contributed by atoms with Crippen LogP contribution in [0.4, 0.5) is 8.78 Å². The fourth-order valence-electron chi connectivity index (χ4n) is 2.00. The summed E-state index contributed by atoms with van der Waals surface area (Å²) in [5, 5.41) is 3.16. The Kier molecular flexibility index (Phi) is 3.24. The second kappa shape index (κ2) is 4.50. The maximum Gasteiger partial charge on any atom is 0.273 e. The minimum absolute atomic E-state index is 0.0701. The van der Waals surface area contributed by atoms with Crippen molar-refractivity contribution in [2.75, 3.05) is 13.1 Å². The monoisotopic (exact) mass is 225 g/mol. The van der Waals surface area contributed by atoms with Crippen LogP contribution in [0.3, 0.4) is 0 Å². The van der Waals surface area contributed by atoms with Crippen molar-refractivity contribution in [1.29, 1.82) is 0 Å². The highest BCUT2D eigenvalue weighted by atomic mass is 19.3. The van der Waals surface area contributed by atoms with Crippen LogP contribution in [-0.2, 0) is 5.92 Å². The summed E-state index contributed by atoms with van der Waals surface area (Å²) >= 11 is 0. The van der Waals surface area contributed by atoms with Gasteiger partial charge in [-0.15, -0.1) is 0 Å². The molecule has 1 fully saturated rings. The lowest BCUT2D eigenvalue weighted by Gasteiger charge is -2.28. The van der Waals surface area contributed by atoms with Crippen LogP contribution in [-0.4, -0.2) is 13.1 Å². The van der Waals surface area contributed by atoms with Gasteiger partial charge in [-0.25, -0.2) is 8.78 Å². The van der Waals surface area contributed by atoms with Crippen LogP contribution in [0.25, 0.3) is 0 Å². The Morgan fingerprint density at radius 2 is 2.12 bits per heavy atom. The average molecular weight is 225 g/mol. The van der Waals surface area contributed by atoms with E-state index in [1.807, 2.05) is 6.07 Å². The number of nitrogens with one attached hydrogen (secondary N) is 1. The van der Waals surface area contributed by atoms with Crippen molar-refractivity contribution in [2.45, 2.75) is 31.6 Å². The van der Waals surface area contributed by atoms with Crippen molar-refractivity contribution >= 4 is 0 Å². The second-order valence-electron chi connectivity index (χ2n) is 4.44. The molecule has 88 valence electrons. The quantitative estimate of drug-likeness (QED) is 0.829. The van der Waals surface area contributed by atoms with E-state index >= 15 is 0 Å². The molecule has 1 nitrogen and oxygen atoms in total. The van der Waals surface area contributed by atoms with Gasteiger partial charge in [0.25, 0.3) is 5.92 Å². The van der Waals surface area contributed by atoms with E-state index in [9.17, 15) is 8.78 Å². The summed E-state index contributed by atoms with van der Waals surface area (Å²) in [4.78, 5) is 0. The molecule has 1 aromatic rings. The minimum Gasteiger partial charge on any atom is -0.315 e. The number of benzene rings is 1. The first-order valence-electron chi connectivity index (χ1n) is 5.82. The first kappa shape index (κ1) is 11.5. The zero-order valence-corrected chi connectivity index (χ0v) is 9.47. The Hall–Kier alpha value is -0.960. The number of halogens is 2. The van der Waals surface area contributed by atoms with E-state index in [2.05, 4.69) is 5.32 Å². The molecule has 0 unspecified atom stereocenters. The van der Waals surface area contributed by atoms with Gasteiger partial charge in [-0.3, -0.25) is 0 Å². The third kappa shape index (κ3) is 2.24. The molecule has 1 saturated heterocycles. The molecule has 3 heteroatoms. The van der Waals surface area contributed by atoms with E-state index < -0.39 is 5.92 Å².